The number of carbonyl (C=O) groups excluding carboxylic acids is 1. The Morgan fingerprint density at radius 3 is 2.92 bits per heavy atom. The van der Waals surface area contributed by atoms with Gasteiger partial charge in [0, 0.05) is 19.1 Å². The molecule has 1 aliphatic rings. The third kappa shape index (κ3) is 2.67. The molecule has 1 heterocycles. The third-order valence-electron chi connectivity index (χ3n) is 2.45. The number of hydrogen-bond donors (Lipinski definition) is 1. The average molecular weight is 186 g/mol. The van der Waals surface area contributed by atoms with E-state index in [4.69, 9.17) is 4.74 Å². The van der Waals surface area contributed by atoms with Gasteiger partial charge >= 0.3 is 5.97 Å². The fourth-order valence-electron chi connectivity index (χ4n) is 1.40. The van der Waals surface area contributed by atoms with Crippen LogP contribution in [-0.4, -0.2) is 49.7 Å². The molecule has 1 N–H and O–H groups in total. The fourth-order valence-corrected chi connectivity index (χ4v) is 1.40. The highest BCUT2D eigenvalue weighted by Gasteiger charge is 2.27. The van der Waals surface area contributed by atoms with Crippen molar-refractivity contribution in [3.8, 4) is 0 Å². The number of hydrogen-bond acceptors (Lipinski definition) is 4. The lowest BCUT2D eigenvalue weighted by molar-refractivity contribution is -0.147. The van der Waals surface area contributed by atoms with Crippen LogP contribution in [0.5, 0.6) is 0 Å². The van der Waals surface area contributed by atoms with Crippen molar-refractivity contribution in [3.63, 3.8) is 0 Å². The van der Waals surface area contributed by atoms with E-state index in [0.717, 1.165) is 13.1 Å². The first-order valence-electron chi connectivity index (χ1n) is 4.75. The van der Waals surface area contributed by atoms with E-state index >= 15 is 0 Å². The quantitative estimate of drug-likeness (QED) is 0.609. The molecule has 0 radical (unpaired) electrons. The number of esters is 1. The molecule has 4 nitrogen and oxygen atoms in total. The highest BCUT2D eigenvalue weighted by Crippen LogP contribution is 2.04. The largest absolute Gasteiger partial charge is 0.465 e. The van der Waals surface area contributed by atoms with Crippen molar-refractivity contribution in [2.75, 3.05) is 26.7 Å². The first kappa shape index (κ1) is 10.5. The Bertz CT molecular complexity index is 184. The molecule has 1 rings (SSSR count). The molecule has 0 aromatic carbocycles. The van der Waals surface area contributed by atoms with Gasteiger partial charge in [0.05, 0.1) is 6.61 Å². The SMILES string of the molecule is CCOC(=O)C1CN(C)C(C)CN1. The summed E-state index contributed by atoms with van der Waals surface area (Å²) in [5.41, 5.74) is 0. The van der Waals surface area contributed by atoms with E-state index in [2.05, 4.69) is 17.1 Å². The summed E-state index contributed by atoms with van der Waals surface area (Å²) in [5, 5.41) is 3.17. The van der Waals surface area contributed by atoms with Crippen molar-refractivity contribution in [1.82, 2.24) is 10.2 Å². The molecule has 0 aliphatic carbocycles. The molecule has 0 aromatic heterocycles. The maximum atomic E-state index is 11.3. The lowest BCUT2D eigenvalue weighted by Gasteiger charge is -2.34. The van der Waals surface area contributed by atoms with Crippen LogP contribution >= 0.6 is 0 Å². The van der Waals surface area contributed by atoms with E-state index in [1.807, 2.05) is 14.0 Å². The summed E-state index contributed by atoms with van der Waals surface area (Å²) in [7, 11) is 2.03. The van der Waals surface area contributed by atoms with Crippen LogP contribution in [0.15, 0.2) is 0 Å². The minimum absolute atomic E-state index is 0.138. The van der Waals surface area contributed by atoms with Gasteiger partial charge in [0.1, 0.15) is 6.04 Å². The van der Waals surface area contributed by atoms with Gasteiger partial charge in [0.15, 0.2) is 0 Å². The topological polar surface area (TPSA) is 41.6 Å². The molecule has 4 heteroatoms. The Morgan fingerprint density at radius 2 is 2.38 bits per heavy atom. The van der Waals surface area contributed by atoms with Crippen LogP contribution in [0.1, 0.15) is 13.8 Å². The third-order valence-corrected chi connectivity index (χ3v) is 2.45. The van der Waals surface area contributed by atoms with Crippen molar-refractivity contribution in [2.45, 2.75) is 25.9 Å². The molecule has 13 heavy (non-hydrogen) atoms. The molecular formula is C9H18N2O2. The molecule has 1 fully saturated rings. The molecule has 2 atom stereocenters. The summed E-state index contributed by atoms with van der Waals surface area (Å²) in [6, 6.07) is 0.340. The first-order valence-corrected chi connectivity index (χ1v) is 4.75. The maximum absolute atomic E-state index is 11.3. The summed E-state index contributed by atoms with van der Waals surface area (Å²) < 4.78 is 4.94. The predicted octanol–water partition coefficient (Wildman–Crippen LogP) is -0.158. The van der Waals surface area contributed by atoms with E-state index in [1.54, 1.807) is 0 Å². The van der Waals surface area contributed by atoms with Gasteiger partial charge in [0.2, 0.25) is 0 Å². The average Bonchev–Trinajstić information content (AvgIpc) is 2.10. The number of carbonyl (C=O) groups is 1. The molecule has 1 saturated heterocycles. The lowest BCUT2D eigenvalue weighted by atomic mass is 10.1. The lowest BCUT2D eigenvalue weighted by Crippen LogP contribution is -2.57. The zero-order chi connectivity index (χ0) is 9.84. The van der Waals surface area contributed by atoms with Crippen LogP contribution in [0.3, 0.4) is 0 Å². The van der Waals surface area contributed by atoms with Crippen molar-refractivity contribution in [1.29, 1.82) is 0 Å². The van der Waals surface area contributed by atoms with Gasteiger partial charge in [-0.1, -0.05) is 0 Å². The van der Waals surface area contributed by atoms with Crippen LogP contribution in [0, 0.1) is 0 Å². The van der Waals surface area contributed by atoms with Crippen LogP contribution in [0.4, 0.5) is 0 Å². The second-order valence-corrected chi connectivity index (χ2v) is 3.50. The van der Waals surface area contributed by atoms with Gasteiger partial charge in [-0.2, -0.15) is 0 Å². The molecule has 0 aromatic rings. The van der Waals surface area contributed by atoms with E-state index in [0.29, 0.717) is 12.6 Å². The standard InChI is InChI=1S/C9H18N2O2/c1-4-13-9(12)8-6-11(3)7(2)5-10-8/h7-8,10H,4-6H2,1-3H3. The zero-order valence-corrected chi connectivity index (χ0v) is 8.54. The highest BCUT2D eigenvalue weighted by molar-refractivity contribution is 5.76. The maximum Gasteiger partial charge on any atom is 0.324 e. The summed E-state index contributed by atoms with van der Waals surface area (Å²) in [5.74, 6) is -0.138. The van der Waals surface area contributed by atoms with Crippen molar-refractivity contribution in [3.05, 3.63) is 0 Å². The van der Waals surface area contributed by atoms with Gasteiger partial charge in [-0.3, -0.25) is 4.79 Å². The second-order valence-electron chi connectivity index (χ2n) is 3.50. The zero-order valence-electron chi connectivity index (χ0n) is 8.54. The van der Waals surface area contributed by atoms with Gasteiger partial charge in [-0.15, -0.1) is 0 Å². The minimum atomic E-state index is -0.152. The molecule has 76 valence electrons. The highest BCUT2D eigenvalue weighted by atomic mass is 16.5. The van der Waals surface area contributed by atoms with E-state index in [9.17, 15) is 4.79 Å². The van der Waals surface area contributed by atoms with Crippen molar-refractivity contribution < 1.29 is 9.53 Å². The van der Waals surface area contributed by atoms with E-state index in [-0.39, 0.29) is 12.0 Å². The molecule has 1 aliphatic heterocycles. The second kappa shape index (κ2) is 4.58. The van der Waals surface area contributed by atoms with Gasteiger partial charge in [-0.25, -0.2) is 0 Å². The van der Waals surface area contributed by atoms with Crippen LogP contribution in [-0.2, 0) is 9.53 Å². The number of likely N-dealkylation sites (N-methyl/N-ethyl adjacent to an activating group) is 1. The molecule has 2 unspecified atom stereocenters. The Morgan fingerprint density at radius 1 is 1.69 bits per heavy atom. The fraction of sp³-hybridized carbons (Fsp3) is 0.889. The number of nitrogens with zero attached hydrogens (tertiary/aromatic N) is 1. The molecule has 0 amide bonds. The Kier molecular flexibility index (Phi) is 3.69. The van der Waals surface area contributed by atoms with Gasteiger partial charge < -0.3 is 15.0 Å². The first-order chi connectivity index (χ1) is 6.15. The summed E-state index contributed by atoms with van der Waals surface area (Å²) in [6.07, 6.45) is 0. The molecular weight excluding hydrogens is 168 g/mol. The summed E-state index contributed by atoms with van der Waals surface area (Å²) in [4.78, 5) is 13.5. The molecule has 0 bridgehead atoms. The van der Waals surface area contributed by atoms with Crippen molar-refractivity contribution >= 4 is 5.97 Å². The van der Waals surface area contributed by atoms with Gasteiger partial charge in [-0.05, 0) is 20.9 Å². The Balaban J connectivity index is 2.40. The van der Waals surface area contributed by atoms with Crippen LogP contribution < -0.4 is 5.32 Å². The van der Waals surface area contributed by atoms with Gasteiger partial charge in [0.25, 0.3) is 0 Å². The number of ether oxygens (including phenoxy) is 1. The van der Waals surface area contributed by atoms with Crippen LogP contribution in [0.2, 0.25) is 0 Å². The molecule has 0 saturated carbocycles. The van der Waals surface area contributed by atoms with Crippen LogP contribution in [0.25, 0.3) is 0 Å². The number of nitrogens with one attached hydrogen (secondary N) is 1. The normalized spacial score (nSPS) is 30.1. The summed E-state index contributed by atoms with van der Waals surface area (Å²) in [6.45, 7) is 6.00. The molecule has 0 spiro atoms. The summed E-state index contributed by atoms with van der Waals surface area (Å²) >= 11 is 0. The predicted molar refractivity (Wildman–Crippen MR) is 50.5 cm³/mol. The smallest absolute Gasteiger partial charge is 0.324 e. The number of rotatable bonds is 2. The van der Waals surface area contributed by atoms with E-state index in [1.165, 1.54) is 0 Å². The Hall–Kier alpha value is -0.610. The minimum Gasteiger partial charge on any atom is -0.465 e. The monoisotopic (exact) mass is 186 g/mol. The Labute approximate surface area is 79.2 Å². The number of piperazine rings is 1. The van der Waals surface area contributed by atoms with E-state index < -0.39 is 0 Å². The van der Waals surface area contributed by atoms with Crippen molar-refractivity contribution in [2.24, 2.45) is 0 Å².